The number of hydrogen-bond acceptors (Lipinski definition) is 1. The molecule has 1 aliphatic rings. The summed E-state index contributed by atoms with van der Waals surface area (Å²) in [6.45, 7) is 9.06. The molecule has 0 radical (unpaired) electrons. The molecule has 3 aromatic carbocycles. The predicted octanol–water partition coefficient (Wildman–Crippen LogP) is 8.57. The molecule has 164 valence electrons. The molecule has 1 nitrogen and oxygen atoms in total. The molecule has 1 saturated carbocycles. The molecule has 0 N–H and O–H groups in total. The fourth-order valence-corrected chi connectivity index (χ4v) is 4.64. The highest BCUT2D eigenvalue weighted by atomic mass is 16.5. The molecule has 0 aliphatic heterocycles. The molecule has 1 heteroatoms. The Kier molecular flexibility index (Phi) is 7.74. The van der Waals surface area contributed by atoms with Gasteiger partial charge in [-0.25, -0.2) is 0 Å². The van der Waals surface area contributed by atoms with Crippen LogP contribution >= 0.6 is 0 Å². The lowest BCUT2D eigenvalue weighted by Gasteiger charge is -2.27. The highest BCUT2D eigenvalue weighted by molar-refractivity contribution is 5.70. The van der Waals surface area contributed by atoms with E-state index < -0.39 is 0 Å². The molecule has 32 heavy (non-hydrogen) atoms. The van der Waals surface area contributed by atoms with E-state index in [1.807, 2.05) is 6.08 Å². The molecular weight excluding hydrogens is 388 g/mol. The minimum absolute atomic E-state index is 0.652. The Morgan fingerprint density at radius 2 is 1.19 bits per heavy atom. The van der Waals surface area contributed by atoms with Crippen LogP contribution in [0.3, 0.4) is 0 Å². The van der Waals surface area contributed by atoms with Crippen LogP contribution in [0, 0.1) is 5.92 Å². The van der Waals surface area contributed by atoms with Crippen LogP contribution in [0.4, 0.5) is 0 Å². The third-order valence-electron chi connectivity index (χ3n) is 6.73. The minimum Gasteiger partial charge on any atom is -0.376 e. The van der Waals surface area contributed by atoms with E-state index in [1.54, 1.807) is 0 Å². The molecule has 0 amide bonds. The third kappa shape index (κ3) is 5.66. The van der Waals surface area contributed by atoms with Crippen molar-refractivity contribution in [3.8, 4) is 22.3 Å². The lowest BCUT2D eigenvalue weighted by molar-refractivity contribution is 0.125. The summed E-state index contributed by atoms with van der Waals surface area (Å²) < 4.78 is 5.65. The summed E-state index contributed by atoms with van der Waals surface area (Å²) in [5.41, 5.74) is 7.71. The summed E-state index contributed by atoms with van der Waals surface area (Å²) in [4.78, 5) is 0. The monoisotopic (exact) mass is 422 g/mol. The maximum absolute atomic E-state index is 5.65. The van der Waals surface area contributed by atoms with Crippen molar-refractivity contribution in [2.45, 2.75) is 44.6 Å². The molecule has 4 rings (SSSR count). The van der Waals surface area contributed by atoms with Gasteiger partial charge in [0.25, 0.3) is 0 Å². The molecule has 0 unspecified atom stereocenters. The van der Waals surface area contributed by atoms with E-state index in [9.17, 15) is 0 Å². The molecular formula is C31H34O. The standard InChI is InChI=1S/C31H34O/c1-3-5-22-32-23-25-8-12-27(13-9-25)29-16-20-31(21-17-29)30-18-14-28(15-19-30)26-10-6-24(4-2)7-11-26/h3-4,8-9,12-21,24,26H,1-2,5-7,10-11,22-23H2/t24-,26-. The second-order valence-corrected chi connectivity index (χ2v) is 8.87. The second kappa shape index (κ2) is 11.1. The molecule has 0 saturated heterocycles. The van der Waals surface area contributed by atoms with Crippen LogP contribution in [-0.4, -0.2) is 6.61 Å². The molecule has 0 atom stereocenters. The topological polar surface area (TPSA) is 9.23 Å². The van der Waals surface area contributed by atoms with Gasteiger partial charge < -0.3 is 4.74 Å². The van der Waals surface area contributed by atoms with Gasteiger partial charge in [0, 0.05) is 0 Å². The molecule has 3 aromatic rings. The lowest BCUT2D eigenvalue weighted by atomic mass is 9.78. The highest BCUT2D eigenvalue weighted by Crippen LogP contribution is 2.37. The van der Waals surface area contributed by atoms with Crippen LogP contribution in [0.1, 0.15) is 49.1 Å². The normalized spacial score (nSPS) is 18.2. The van der Waals surface area contributed by atoms with Gasteiger partial charge in [0.1, 0.15) is 0 Å². The zero-order valence-electron chi connectivity index (χ0n) is 19.0. The van der Waals surface area contributed by atoms with Gasteiger partial charge in [-0.05, 0) is 77.3 Å². The van der Waals surface area contributed by atoms with Crippen molar-refractivity contribution in [2.24, 2.45) is 5.92 Å². The SMILES string of the molecule is C=CCCOCc1ccc(-c2ccc(-c3ccc([C@H]4CC[C@H](C=C)CC4)cc3)cc2)cc1. The third-order valence-corrected chi connectivity index (χ3v) is 6.73. The van der Waals surface area contributed by atoms with Gasteiger partial charge in [-0.3, -0.25) is 0 Å². The largest absolute Gasteiger partial charge is 0.376 e. The van der Waals surface area contributed by atoms with Crippen LogP contribution in [-0.2, 0) is 11.3 Å². The van der Waals surface area contributed by atoms with E-state index in [2.05, 4.69) is 92.0 Å². The fraction of sp³-hybridized carbons (Fsp3) is 0.290. The first-order chi connectivity index (χ1) is 15.8. The zero-order valence-corrected chi connectivity index (χ0v) is 19.0. The molecule has 0 heterocycles. The van der Waals surface area contributed by atoms with Crippen LogP contribution in [0.5, 0.6) is 0 Å². The molecule has 0 spiro atoms. The Labute approximate surface area is 193 Å². The van der Waals surface area contributed by atoms with Gasteiger partial charge in [-0.2, -0.15) is 0 Å². The van der Waals surface area contributed by atoms with E-state index >= 15 is 0 Å². The highest BCUT2D eigenvalue weighted by Gasteiger charge is 2.20. The molecule has 1 fully saturated rings. The quantitative estimate of drug-likeness (QED) is 0.248. The first-order valence-electron chi connectivity index (χ1n) is 11.9. The van der Waals surface area contributed by atoms with Crippen molar-refractivity contribution in [3.63, 3.8) is 0 Å². The average molecular weight is 423 g/mol. The number of hydrogen-bond donors (Lipinski definition) is 0. The number of allylic oxidation sites excluding steroid dienone is 1. The van der Waals surface area contributed by atoms with E-state index in [0.29, 0.717) is 12.5 Å². The zero-order chi connectivity index (χ0) is 22.2. The summed E-state index contributed by atoms with van der Waals surface area (Å²) in [5.74, 6) is 1.42. The van der Waals surface area contributed by atoms with Crippen molar-refractivity contribution in [2.75, 3.05) is 6.61 Å². The summed E-state index contributed by atoms with van der Waals surface area (Å²) in [7, 11) is 0. The van der Waals surface area contributed by atoms with Gasteiger partial charge in [-0.15, -0.1) is 13.2 Å². The summed E-state index contributed by atoms with van der Waals surface area (Å²) in [6, 6.07) is 26.8. The average Bonchev–Trinajstić information content (AvgIpc) is 2.87. The van der Waals surface area contributed by atoms with E-state index in [1.165, 1.54) is 59.1 Å². The minimum atomic E-state index is 0.652. The van der Waals surface area contributed by atoms with Crippen LogP contribution in [0.25, 0.3) is 22.3 Å². The summed E-state index contributed by atoms with van der Waals surface area (Å²) in [5, 5.41) is 0. The Bertz CT molecular complexity index is 988. The van der Waals surface area contributed by atoms with E-state index in [-0.39, 0.29) is 0 Å². The van der Waals surface area contributed by atoms with Crippen molar-refractivity contribution in [1.82, 2.24) is 0 Å². The molecule has 0 bridgehead atoms. The van der Waals surface area contributed by atoms with Gasteiger partial charge in [-0.1, -0.05) is 84.9 Å². The number of benzene rings is 3. The number of ether oxygens (including phenoxy) is 1. The van der Waals surface area contributed by atoms with Crippen LogP contribution in [0.2, 0.25) is 0 Å². The van der Waals surface area contributed by atoms with E-state index in [4.69, 9.17) is 4.74 Å². The van der Waals surface area contributed by atoms with Gasteiger partial charge >= 0.3 is 0 Å². The smallest absolute Gasteiger partial charge is 0.0717 e. The summed E-state index contributed by atoms with van der Waals surface area (Å²) in [6.07, 6.45) is 10.0. The Balaban J connectivity index is 1.37. The maximum atomic E-state index is 5.65. The first kappa shape index (κ1) is 22.3. The fourth-order valence-electron chi connectivity index (χ4n) is 4.64. The van der Waals surface area contributed by atoms with Crippen LogP contribution < -0.4 is 0 Å². The van der Waals surface area contributed by atoms with Gasteiger partial charge in [0.15, 0.2) is 0 Å². The van der Waals surface area contributed by atoms with Crippen molar-refractivity contribution in [1.29, 1.82) is 0 Å². The number of rotatable bonds is 9. The van der Waals surface area contributed by atoms with Crippen molar-refractivity contribution >= 4 is 0 Å². The van der Waals surface area contributed by atoms with Gasteiger partial charge in [0.2, 0.25) is 0 Å². The van der Waals surface area contributed by atoms with Crippen molar-refractivity contribution < 1.29 is 4.74 Å². The van der Waals surface area contributed by atoms with E-state index in [0.717, 1.165) is 18.9 Å². The maximum Gasteiger partial charge on any atom is 0.0717 e. The van der Waals surface area contributed by atoms with Crippen molar-refractivity contribution in [3.05, 3.63) is 109 Å². The predicted molar refractivity (Wildman–Crippen MR) is 137 cm³/mol. The summed E-state index contributed by atoms with van der Waals surface area (Å²) >= 11 is 0. The lowest BCUT2D eigenvalue weighted by Crippen LogP contribution is -2.11. The van der Waals surface area contributed by atoms with Crippen LogP contribution in [0.15, 0.2) is 98.1 Å². The molecule has 1 aliphatic carbocycles. The van der Waals surface area contributed by atoms with Gasteiger partial charge in [0.05, 0.1) is 13.2 Å². The Hall–Kier alpha value is -2.90. The first-order valence-corrected chi connectivity index (χ1v) is 11.9. The Morgan fingerprint density at radius 1 is 0.688 bits per heavy atom. The molecule has 0 aromatic heterocycles. The Morgan fingerprint density at radius 3 is 1.69 bits per heavy atom. The second-order valence-electron chi connectivity index (χ2n) is 8.87.